The number of nitrogens with one attached hydrogen (secondary N) is 1. The SMILES string of the molecule is N#Cc1cc(C[C@H](N)C(=O)O)ccc1CS(=O)(=O)N1CCNCC1. The van der Waals surface area contributed by atoms with Gasteiger partial charge in [-0.15, -0.1) is 0 Å². The van der Waals surface area contributed by atoms with Gasteiger partial charge in [-0.3, -0.25) is 4.79 Å². The predicted octanol–water partition coefficient (Wildman–Crippen LogP) is -0.752. The molecule has 1 aliphatic heterocycles. The fraction of sp³-hybridized carbons (Fsp3) is 0.467. The molecule has 0 unspecified atom stereocenters. The lowest BCUT2D eigenvalue weighted by Gasteiger charge is -2.26. The Bertz CT molecular complexity index is 751. The van der Waals surface area contributed by atoms with E-state index in [1.54, 1.807) is 12.1 Å². The first kappa shape index (κ1) is 18.4. The van der Waals surface area contributed by atoms with Crippen LogP contribution in [0.15, 0.2) is 18.2 Å². The van der Waals surface area contributed by atoms with Gasteiger partial charge in [-0.2, -0.15) is 9.57 Å². The maximum Gasteiger partial charge on any atom is 0.320 e. The molecule has 1 heterocycles. The predicted molar refractivity (Wildman–Crippen MR) is 87.5 cm³/mol. The van der Waals surface area contributed by atoms with Gasteiger partial charge in [0.15, 0.2) is 0 Å². The Morgan fingerprint density at radius 2 is 2.08 bits per heavy atom. The minimum Gasteiger partial charge on any atom is -0.480 e. The fourth-order valence-electron chi connectivity index (χ4n) is 2.53. The Hall–Kier alpha value is -1.99. The summed E-state index contributed by atoms with van der Waals surface area (Å²) in [7, 11) is -3.49. The topological polar surface area (TPSA) is 137 Å². The number of benzene rings is 1. The maximum absolute atomic E-state index is 12.5. The van der Waals surface area contributed by atoms with Crippen LogP contribution in [0.3, 0.4) is 0 Å². The van der Waals surface area contributed by atoms with E-state index in [2.05, 4.69) is 5.32 Å². The van der Waals surface area contributed by atoms with Crippen LogP contribution in [-0.2, 0) is 27.0 Å². The van der Waals surface area contributed by atoms with E-state index in [0.29, 0.717) is 37.3 Å². The molecule has 0 saturated carbocycles. The lowest BCUT2D eigenvalue weighted by molar-refractivity contribution is -0.138. The number of piperazine rings is 1. The maximum atomic E-state index is 12.5. The van der Waals surface area contributed by atoms with Crippen molar-refractivity contribution >= 4 is 16.0 Å². The number of nitriles is 1. The van der Waals surface area contributed by atoms with E-state index in [-0.39, 0.29) is 17.7 Å². The normalized spacial score (nSPS) is 17.2. The lowest BCUT2D eigenvalue weighted by atomic mass is 10.0. The summed E-state index contributed by atoms with van der Waals surface area (Å²) in [4.78, 5) is 10.8. The van der Waals surface area contributed by atoms with Gasteiger partial charge < -0.3 is 16.2 Å². The van der Waals surface area contributed by atoms with Gasteiger partial charge in [-0.25, -0.2) is 8.42 Å². The van der Waals surface area contributed by atoms with Crippen molar-refractivity contribution in [3.8, 4) is 6.07 Å². The zero-order valence-corrected chi connectivity index (χ0v) is 13.9. The van der Waals surface area contributed by atoms with Gasteiger partial charge in [-0.05, 0) is 23.6 Å². The van der Waals surface area contributed by atoms with E-state index in [1.807, 2.05) is 6.07 Å². The number of hydrogen-bond acceptors (Lipinski definition) is 6. The average molecular weight is 352 g/mol. The molecule has 4 N–H and O–H groups in total. The highest BCUT2D eigenvalue weighted by atomic mass is 32.2. The molecule has 0 spiro atoms. The van der Waals surface area contributed by atoms with Gasteiger partial charge in [0.2, 0.25) is 10.0 Å². The lowest BCUT2D eigenvalue weighted by Crippen LogP contribution is -2.46. The molecular formula is C15H20N4O4S. The van der Waals surface area contributed by atoms with Crippen molar-refractivity contribution in [3.63, 3.8) is 0 Å². The monoisotopic (exact) mass is 352 g/mol. The van der Waals surface area contributed by atoms with Gasteiger partial charge in [0.05, 0.1) is 17.4 Å². The van der Waals surface area contributed by atoms with Gasteiger partial charge >= 0.3 is 5.97 Å². The molecule has 1 aromatic carbocycles. The molecule has 0 aromatic heterocycles. The Morgan fingerprint density at radius 1 is 1.42 bits per heavy atom. The molecule has 1 fully saturated rings. The van der Waals surface area contributed by atoms with E-state index in [0.717, 1.165) is 0 Å². The molecule has 1 aromatic rings. The van der Waals surface area contributed by atoms with Crippen LogP contribution in [0.4, 0.5) is 0 Å². The number of carbonyl (C=O) groups is 1. The van der Waals surface area contributed by atoms with E-state index in [1.165, 1.54) is 10.4 Å². The third-order valence-corrected chi connectivity index (χ3v) is 5.70. The van der Waals surface area contributed by atoms with E-state index in [4.69, 9.17) is 10.8 Å². The number of carboxylic acids is 1. The van der Waals surface area contributed by atoms with Gasteiger partial charge in [-0.1, -0.05) is 12.1 Å². The first-order chi connectivity index (χ1) is 11.3. The third kappa shape index (κ3) is 4.52. The number of rotatable bonds is 6. The van der Waals surface area contributed by atoms with Crippen LogP contribution in [0.25, 0.3) is 0 Å². The number of aliphatic carboxylic acids is 1. The molecule has 1 saturated heterocycles. The molecule has 0 amide bonds. The summed E-state index contributed by atoms with van der Waals surface area (Å²) >= 11 is 0. The molecular weight excluding hydrogens is 332 g/mol. The molecule has 1 atom stereocenters. The molecule has 0 radical (unpaired) electrons. The smallest absolute Gasteiger partial charge is 0.320 e. The molecule has 24 heavy (non-hydrogen) atoms. The van der Waals surface area contributed by atoms with Crippen molar-refractivity contribution in [2.24, 2.45) is 5.73 Å². The van der Waals surface area contributed by atoms with Crippen LogP contribution in [0.5, 0.6) is 0 Å². The number of hydrogen-bond donors (Lipinski definition) is 3. The van der Waals surface area contributed by atoms with E-state index in [9.17, 15) is 18.5 Å². The number of sulfonamides is 1. The number of nitrogens with zero attached hydrogens (tertiary/aromatic N) is 2. The largest absolute Gasteiger partial charge is 0.480 e. The van der Waals surface area contributed by atoms with Gasteiger partial charge in [0.25, 0.3) is 0 Å². The van der Waals surface area contributed by atoms with Crippen molar-refractivity contribution in [1.82, 2.24) is 9.62 Å². The Kier molecular flexibility index (Phi) is 5.90. The second-order valence-corrected chi connectivity index (χ2v) is 7.63. The molecule has 9 heteroatoms. The van der Waals surface area contributed by atoms with Gasteiger partial charge in [0, 0.05) is 26.2 Å². The van der Waals surface area contributed by atoms with Crippen LogP contribution >= 0.6 is 0 Å². The summed E-state index contributed by atoms with van der Waals surface area (Å²) in [5.74, 6) is -1.37. The van der Waals surface area contributed by atoms with Crippen LogP contribution in [-0.4, -0.2) is 56.0 Å². The molecule has 0 bridgehead atoms. The highest BCUT2D eigenvalue weighted by Gasteiger charge is 2.25. The highest BCUT2D eigenvalue weighted by molar-refractivity contribution is 7.88. The first-order valence-corrected chi connectivity index (χ1v) is 9.13. The molecule has 130 valence electrons. The molecule has 1 aliphatic rings. The zero-order chi connectivity index (χ0) is 17.7. The van der Waals surface area contributed by atoms with Crippen LogP contribution in [0.2, 0.25) is 0 Å². The first-order valence-electron chi connectivity index (χ1n) is 7.52. The van der Waals surface area contributed by atoms with Crippen molar-refractivity contribution in [2.75, 3.05) is 26.2 Å². The van der Waals surface area contributed by atoms with Crippen LogP contribution in [0.1, 0.15) is 16.7 Å². The van der Waals surface area contributed by atoms with E-state index < -0.39 is 22.0 Å². The summed E-state index contributed by atoms with van der Waals surface area (Å²) in [5, 5.41) is 21.2. The van der Waals surface area contributed by atoms with E-state index >= 15 is 0 Å². The van der Waals surface area contributed by atoms with Crippen LogP contribution in [0, 0.1) is 11.3 Å². The average Bonchev–Trinajstić information content (AvgIpc) is 2.56. The van der Waals surface area contributed by atoms with Crippen molar-refractivity contribution < 1.29 is 18.3 Å². The molecule has 0 aliphatic carbocycles. The van der Waals surface area contributed by atoms with Crippen molar-refractivity contribution in [2.45, 2.75) is 18.2 Å². The zero-order valence-electron chi connectivity index (χ0n) is 13.1. The molecule has 8 nitrogen and oxygen atoms in total. The quantitative estimate of drug-likeness (QED) is 0.612. The second kappa shape index (κ2) is 7.72. The number of carboxylic acid groups (broad SMARTS) is 1. The van der Waals surface area contributed by atoms with Crippen molar-refractivity contribution in [1.29, 1.82) is 5.26 Å². The second-order valence-electron chi connectivity index (χ2n) is 5.66. The Labute approximate surface area is 140 Å². The summed E-state index contributed by atoms with van der Waals surface area (Å²) < 4.78 is 26.3. The number of nitrogens with two attached hydrogens (primary N) is 1. The Morgan fingerprint density at radius 3 is 2.67 bits per heavy atom. The highest BCUT2D eigenvalue weighted by Crippen LogP contribution is 2.18. The summed E-state index contributed by atoms with van der Waals surface area (Å²) in [5.41, 5.74) is 6.71. The van der Waals surface area contributed by atoms with Gasteiger partial charge in [0.1, 0.15) is 6.04 Å². The minimum atomic E-state index is -3.49. The third-order valence-electron chi connectivity index (χ3n) is 3.87. The van der Waals surface area contributed by atoms with Crippen molar-refractivity contribution in [3.05, 3.63) is 34.9 Å². The Balaban J connectivity index is 2.18. The summed E-state index contributed by atoms with van der Waals surface area (Å²) in [6.45, 7) is 2.04. The fourth-order valence-corrected chi connectivity index (χ4v) is 4.10. The standard InChI is InChI=1S/C15H20N4O4S/c16-9-13-7-11(8-14(17)15(20)21)1-2-12(13)10-24(22,23)19-5-3-18-4-6-19/h1-2,7,14,18H,3-6,8,10,17H2,(H,20,21)/t14-/m0/s1. The summed E-state index contributed by atoms with van der Waals surface area (Å²) in [6.07, 6.45) is 0.0782. The minimum absolute atomic E-state index is 0.0782. The van der Waals surface area contributed by atoms with Crippen LogP contribution < -0.4 is 11.1 Å². The molecule has 2 rings (SSSR count). The summed E-state index contributed by atoms with van der Waals surface area (Å²) in [6, 6.07) is 5.60.